The molecule has 0 unspecified atom stereocenters. The largest absolute Gasteiger partial charge is 0.380 e. The predicted molar refractivity (Wildman–Crippen MR) is 88.5 cm³/mol. The van der Waals surface area contributed by atoms with Gasteiger partial charge >= 0.3 is 17.8 Å². The number of tetrazole rings is 1. The van der Waals surface area contributed by atoms with E-state index < -0.39 is 28.9 Å². The number of halogens is 6. The van der Waals surface area contributed by atoms with Gasteiger partial charge in [-0.05, 0) is 29.6 Å². The molecule has 1 aliphatic heterocycles. The SMILES string of the molecule is CN1CCN(c2nc3cc4c(cc3n3nnnc23)C(F)(F)C(F)(F)C4(F)F)CC1. The van der Waals surface area contributed by atoms with Crippen molar-refractivity contribution in [1.29, 1.82) is 0 Å². The Hall–Kier alpha value is -2.70. The molecular weight excluding hydrogens is 404 g/mol. The Bertz CT molecular complexity index is 1140. The maximum absolute atomic E-state index is 14.2. The van der Waals surface area contributed by atoms with Gasteiger partial charge in [0.05, 0.1) is 11.0 Å². The topological polar surface area (TPSA) is 62.5 Å². The van der Waals surface area contributed by atoms with Crippen molar-refractivity contribution in [3.8, 4) is 0 Å². The van der Waals surface area contributed by atoms with Gasteiger partial charge in [0.2, 0.25) is 5.65 Å². The van der Waals surface area contributed by atoms with Crippen molar-refractivity contribution in [1.82, 2.24) is 29.9 Å². The van der Waals surface area contributed by atoms with E-state index in [9.17, 15) is 26.3 Å². The van der Waals surface area contributed by atoms with Gasteiger partial charge in [-0.1, -0.05) is 0 Å². The fourth-order valence-electron chi connectivity index (χ4n) is 3.77. The van der Waals surface area contributed by atoms with Crippen molar-refractivity contribution >= 4 is 22.5 Å². The van der Waals surface area contributed by atoms with Crippen LogP contribution in [0.1, 0.15) is 11.1 Å². The number of benzene rings is 1. The van der Waals surface area contributed by atoms with Crippen LogP contribution >= 0.6 is 0 Å². The molecule has 1 aromatic carbocycles. The first-order valence-electron chi connectivity index (χ1n) is 8.69. The van der Waals surface area contributed by atoms with Gasteiger partial charge in [-0.15, -0.1) is 5.10 Å². The van der Waals surface area contributed by atoms with Crippen LogP contribution in [0.25, 0.3) is 16.7 Å². The zero-order valence-corrected chi connectivity index (χ0v) is 14.9. The number of rotatable bonds is 1. The van der Waals surface area contributed by atoms with E-state index in [0.717, 1.165) is 4.52 Å². The Kier molecular flexibility index (Phi) is 3.45. The van der Waals surface area contributed by atoms with E-state index in [1.807, 2.05) is 11.9 Å². The van der Waals surface area contributed by atoms with Gasteiger partial charge in [0.15, 0.2) is 5.82 Å². The lowest BCUT2D eigenvalue weighted by Gasteiger charge is -2.33. The molecule has 0 spiro atoms. The number of anilines is 1. The number of alkyl halides is 6. The van der Waals surface area contributed by atoms with Crippen LogP contribution in [0.4, 0.5) is 32.2 Å². The summed E-state index contributed by atoms with van der Waals surface area (Å²) in [6.07, 6.45) is 0. The second-order valence-electron chi connectivity index (χ2n) is 7.25. The zero-order chi connectivity index (χ0) is 20.8. The highest BCUT2D eigenvalue weighted by molar-refractivity contribution is 5.84. The van der Waals surface area contributed by atoms with Crippen LogP contribution in [0.5, 0.6) is 0 Å². The molecule has 1 saturated heterocycles. The Morgan fingerprint density at radius 3 is 2.17 bits per heavy atom. The van der Waals surface area contributed by atoms with Crippen molar-refractivity contribution in [3.05, 3.63) is 23.3 Å². The second-order valence-corrected chi connectivity index (χ2v) is 7.25. The molecular formula is C16H13F6N7. The van der Waals surface area contributed by atoms with Crippen LogP contribution in [0, 0.1) is 0 Å². The number of hydrogen-bond acceptors (Lipinski definition) is 6. The quantitative estimate of drug-likeness (QED) is 0.566. The number of aromatic nitrogens is 5. The summed E-state index contributed by atoms with van der Waals surface area (Å²) in [5.41, 5.74) is -3.10. The summed E-state index contributed by atoms with van der Waals surface area (Å²) in [6.45, 7) is 2.51. The molecule has 0 atom stereocenters. The smallest absolute Gasteiger partial charge is 0.351 e. The molecule has 29 heavy (non-hydrogen) atoms. The molecule has 0 amide bonds. The van der Waals surface area contributed by atoms with E-state index in [2.05, 4.69) is 25.4 Å². The molecule has 0 radical (unpaired) electrons. The Labute approximate surface area is 158 Å². The lowest BCUT2D eigenvalue weighted by molar-refractivity contribution is -0.302. The van der Waals surface area contributed by atoms with Gasteiger partial charge in [-0.3, -0.25) is 0 Å². The maximum Gasteiger partial charge on any atom is 0.380 e. The van der Waals surface area contributed by atoms with Crippen molar-refractivity contribution in [2.45, 2.75) is 17.8 Å². The van der Waals surface area contributed by atoms with Crippen molar-refractivity contribution in [2.24, 2.45) is 0 Å². The molecule has 2 aliphatic rings. The van der Waals surface area contributed by atoms with E-state index in [0.29, 0.717) is 38.3 Å². The first kappa shape index (κ1) is 18.3. The van der Waals surface area contributed by atoms with Gasteiger partial charge in [-0.2, -0.15) is 30.9 Å². The zero-order valence-electron chi connectivity index (χ0n) is 14.9. The van der Waals surface area contributed by atoms with Crippen LogP contribution < -0.4 is 4.90 Å². The van der Waals surface area contributed by atoms with Gasteiger partial charge in [-0.25, -0.2) is 4.98 Å². The standard InChI is InChI=1S/C16H13F6N7/c1-27-2-4-28(5-3-27)12-13-24-25-26-29(13)11-7-9-8(6-10(11)23-12)14(17,18)16(21,22)15(9,19)20/h6-7H,2-5H2,1H3. The van der Waals surface area contributed by atoms with Crippen LogP contribution in [-0.4, -0.2) is 69.1 Å². The highest BCUT2D eigenvalue weighted by Crippen LogP contribution is 2.63. The fourth-order valence-corrected chi connectivity index (χ4v) is 3.77. The lowest BCUT2D eigenvalue weighted by atomic mass is 10.1. The minimum atomic E-state index is -5.56. The van der Waals surface area contributed by atoms with Crippen LogP contribution in [0.3, 0.4) is 0 Å². The van der Waals surface area contributed by atoms with E-state index >= 15 is 0 Å². The molecule has 1 aliphatic carbocycles. The van der Waals surface area contributed by atoms with Crippen molar-refractivity contribution in [3.63, 3.8) is 0 Å². The normalized spacial score (nSPS) is 23.1. The summed E-state index contributed by atoms with van der Waals surface area (Å²) in [4.78, 5) is 8.19. The summed E-state index contributed by atoms with van der Waals surface area (Å²) in [6, 6.07) is 1.16. The highest BCUT2D eigenvalue weighted by atomic mass is 19.3. The third kappa shape index (κ3) is 2.18. The molecule has 3 heterocycles. The third-order valence-electron chi connectivity index (χ3n) is 5.51. The minimum Gasteiger partial charge on any atom is -0.351 e. The van der Waals surface area contributed by atoms with E-state index in [4.69, 9.17) is 0 Å². The molecule has 0 N–H and O–H groups in total. The van der Waals surface area contributed by atoms with Crippen LogP contribution in [0.15, 0.2) is 12.1 Å². The number of nitrogens with zero attached hydrogens (tertiary/aromatic N) is 7. The number of likely N-dealkylation sites (N-methyl/N-ethyl adjacent to an activating group) is 1. The fraction of sp³-hybridized carbons (Fsp3) is 0.500. The van der Waals surface area contributed by atoms with E-state index in [1.165, 1.54) is 0 Å². The molecule has 7 nitrogen and oxygen atoms in total. The number of hydrogen-bond donors (Lipinski definition) is 0. The number of fused-ring (bicyclic) bond motifs is 4. The molecule has 3 aromatic rings. The van der Waals surface area contributed by atoms with Crippen LogP contribution in [-0.2, 0) is 11.8 Å². The average Bonchev–Trinajstić information content (AvgIpc) is 3.19. The Balaban J connectivity index is 1.77. The molecule has 0 saturated carbocycles. The number of piperazine rings is 1. The molecule has 1 fully saturated rings. The lowest BCUT2D eigenvalue weighted by Crippen LogP contribution is -2.45. The molecule has 2 aromatic heterocycles. The van der Waals surface area contributed by atoms with Gasteiger partial charge in [0, 0.05) is 37.3 Å². The highest BCUT2D eigenvalue weighted by Gasteiger charge is 2.79. The first-order chi connectivity index (χ1) is 13.6. The van der Waals surface area contributed by atoms with Gasteiger partial charge < -0.3 is 9.80 Å². The summed E-state index contributed by atoms with van der Waals surface area (Å²) in [5.74, 6) is -15.4. The summed E-state index contributed by atoms with van der Waals surface area (Å²) < 4.78 is 85.3. The summed E-state index contributed by atoms with van der Waals surface area (Å²) in [7, 11) is 1.94. The average molecular weight is 417 g/mol. The third-order valence-corrected chi connectivity index (χ3v) is 5.51. The maximum atomic E-state index is 14.2. The van der Waals surface area contributed by atoms with E-state index in [-0.39, 0.29) is 22.5 Å². The Morgan fingerprint density at radius 1 is 0.897 bits per heavy atom. The second kappa shape index (κ2) is 5.46. The first-order valence-corrected chi connectivity index (χ1v) is 8.69. The van der Waals surface area contributed by atoms with Gasteiger partial charge in [0.1, 0.15) is 0 Å². The minimum absolute atomic E-state index is 0.127. The summed E-state index contributed by atoms with van der Waals surface area (Å²) in [5, 5.41) is 11.1. The monoisotopic (exact) mass is 417 g/mol. The van der Waals surface area contributed by atoms with Gasteiger partial charge in [0.25, 0.3) is 0 Å². The Morgan fingerprint density at radius 2 is 1.52 bits per heavy atom. The van der Waals surface area contributed by atoms with Crippen molar-refractivity contribution in [2.75, 3.05) is 38.1 Å². The summed E-state index contributed by atoms with van der Waals surface area (Å²) >= 11 is 0. The predicted octanol–water partition coefficient (Wildman–Crippen LogP) is 2.26. The van der Waals surface area contributed by atoms with E-state index in [1.54, 1.807) is 0 Å². The molecule has 13 heteroatoms. The molecule has 154 valence electrons. The van der Waals surface area contributed by atoms with Crippen LogP contribution in [0.2, 0.25) is 0 Å². The van der Waals surface area contributed by atoms with Crippen molar-refractivity contribution < 1.29 is 26.3 Å². The molecule has 5 rings (SSSR count). The molecule has 0 bridgehead atoms.